The van der Waals surface area contributed by atoms with E-state index in [4.69, 9.17) is 0 Å². The number of rotatable bonds is 4. The number of benzene rings is 1. The average molecular weight is 340 g/mol. The van der Waals surface area contributed by atoms with Gasteiger partial charge in [-0.25, -0.2) is 0 Å². The number of nitrogens with one attached hydrogen (secondary N) is 1. The van der Waals surface area contributed by atoms with E-state index in [-0.39, 0.29) is 18.4 Å². The lowest BCUT2D eigenvalue weighted by atomic mass is 9.84. The highest BCUT2D eigenvalue weighted by atomic mass is 79.9. The van der Waals surface area contributed by atoms with Crippen LogP contribution >= 0.6 is 15.9 Å². The minimum Gasteiger partial charge on any atom is -0.481 e. The van der Waals surface area contributed by atoms with E-state index in [9.17, 15) is 14.7 Å². The van der Waals surface area contributed by atoms with Gasteiger partial charge in [0.15, 0.2) is 0 Å². The Hall–Kier alpha value is -1.36. The molecule has 1 amide bonds. The van der Waals surface area contributed by atoms with Crippen LogP contribution in [0.25, 0.3) is 0 Å². The predicted molar refractivity (Wildman–Crippen MR) is 79.4 cm³/mol. The zero-order chi connectivity index (χ0) is 14.5. The maximum atomic E-state index is 12.0. The Morgan fingerprint density at radius 2 is 2.05 bits per heavy atom. The largest absolute Gasteiger partial charge is 0.481 e. The van der Waals surface area contributed by atoms with Crippen LogP contribution in [-0.2, 0) is 16.0 Å². The summed E-state index contributed by atoms with van der Waals surface area (Å²) in [5.74, 6) is -1.37. The van der Waals surface area contributed by atoms with Crippen molar-refractivity contribution in [2.24, 2.45) is 5.92 Å². The third kappa shape index (κ3) is 4.07. The number of aliphatic carboxylic acids is 1. The molecule has 2 unspecified atom stereocenters. The fourth-order valence-electron chi connectivity index (χ4n) is 2.69. The molecule has 0 heterocycles. The van der Waals surface area contributed by atoms with Gasteiger partial charge in [0, 0.05) is 10.5 Å². The van der Waals surface area contributed by atoms with Gasteiger partial charge in [-0.1, -0.05) is 40.9 Å². The van der Waals surface area contributed by atoms with Crippen LogP contribution in [0.4, 0.5) is 0 Å². The van der Waals surface area contributed by atoms with Crippen molar-refractivity contribution in [3.8, 4) is 0 Å². The number of carbonyl (C=O) groups excluding carboxylic acids is 1. The van der Waals surface area contributed by atoms with Crippen LogP contribution in [0.1, 0.15) is 31.2 Å². The molecule has 0 bridgehead atoms. The van der Waals surface area contributed by atoms with E-state index in [1.54, 1.807) is 0 Å². The molecule has 2 rings (SSSR count). The van der Waals surface area contributed by atoms with Gasteiger partial charge in [-0.05, 0) is 30.5 Å². The van der Waals surface area contributed by atoms with E-state index in [0.29, 0.717) is 6.42 Å². The molecule has 0 aromatic heterocycles. The van der Waals surface area contributed by atoms with Crippen molar-refractivity contribution in [3.63, 3.8) is 0 Å². The lowest BCUT2D eigenvalue weighted by molar-refractivity contribution is -0.144. The van der Waals surface area contributed by atoms with Crippen molar-refractivity contribution in [2.45, 2.75) is 38.1 Å². The SMILES string of the molecule is O=C(Cc1cccc(Br)c1)NC1CCCCC1C(=O)O. The molecule has 2 atom stereocenters. The molecule has 2 N–H and O–H groups in total. The normalized spacial score (nSPS) is 22.2. The average Bonchev–Trinajstić information content (AvgIpc) is 2.38. The molecule has 4 nitrogen and oxygen atoms in total. The summed E-state index contributed by atoms with van der Waals surface area (Å²) in [4.78, 5) is 23.2. The molecule has 0 saturated heterocycles. The zero-order valence-corrected chi connectivity index (χ0v) is 12.7. The molecule has 1 fully saturated rings. The number of carboxylic acids is 1. The van der Waals surface area contributed by atoms with E-state index >= 15 is 0 Å². The van der Waals surface area contributed by atoms with E-state index < -0.39 is 11.9 Å². The molecule has 1 aliphatic rings. The molecule has 5 heteroatoms. The minimum atomic E-state index is -0.808. The van der Waals surface area contributed by atoms with E-state index in [1.807, 2.05) is 24.3 Å². The molecule has 1 saturated carbocycles. The van der Waals surface area contributed by atoms with E-state index in [2.05, 4.69) is 21.2 Å². The van der Waals surface area contributed by atoms with Crippen LogP contribution < -0.4 is 5.32 Å². The highest BCUT2D eigenvalue weighted by Crippen LogP contribution is 2.24. The van der Waals surface area contributed by atoms with E-state index in [1.165, 1.54) is 0 Å². The standard InChI is InChI=1S/C15H18BrNO3/c16-11-5-3-4-10(8-11)9-14(18)17-13-7-2-1-6-12(13)15(19)20/h3-5,8,12-13H,1-2,6-7,9H2,(H,17,18)(H,19,20). The summed E-state index contributed by atoms with van der Waals surface area (Å²) in [7, 11) is 0. The Kier molecular flexibility index (Phi) is 5.17. The molecule has 1 aromatic rings. The van der Waals surface area contributed by atoms with Crippen molar-refractivity contribution >= 4 is 27.8 Å². The van der Waals surface area contributed by atoms with Crippen LogP contribution in [0.3, 0.4) is 0 Å². The Bertz CT molecular complexity index is 504. The van der Waals surface area contributed by atoms with Crippen molar-refractivity contribution in [2.75, 3.05) is 0 Å². The fraction of sp³-hybridized carbons (Fsp3) is 0.467. The second-order valence-electron chi connectivity index (χ2n) is 5.21. The third-order valence-corrected chi connectivity index (χ3v) is 4.18. The smallest absolute Gasteiger partial charge is 0.308 e. The minimum absolute atomic E-state index is 0.110. The number of hydrogen-bond acceptors (Lipinski definition) is 2. The quantitative estimate of drug-likeness (QED) is 0.886. The Balaban J connectivity index is 1.94. The van der Waals surface area contributed by atoms with Gasteiger partial charge < -0.3 is 10.4 Å². The molecule has 0 aliphatic heterocycles. The Morgan fingerprint density at radius 3 is 2.75 bits per heavy atom. The van der Waals surface area contributed by atoms with Gasteiger partial charge in [-0.2, -0.15) is 0 Å². The summed E-state index contributed by atoms with van der Waals surface area (Å²) in [5, 5.41) is 12.1. The lowest BCUT2D eigenvalue weighted by Gasteiger charge is -2.29. The number of amides is 1. The first-order chi connectivity index (χ1) is 9.56. The van der Waals surface area contributed by atoms with Gasteiger partial charge in [-0.3, -0.25) is 9.59 Å². The van der Waals surface area contributed by atoms with Gasteiger partial charge in [0.2, 0.25) is 5.91 Å². The Labute approximate surface area is 126 Å². The maximum Gasteiger partial charge on any atom is 0.308 e. The van der Waals surface area contributed by atoms with E-state index in [0.717, 1.165) is 29.3 Å². The lowest BCUT2D eigenvalue weighted by Crippen LogP contribution is -2.45. The third-order valence-electron chi connectivity index (χ3n) is 3.68. The molecular weight excluding hydrogens is 322 g/mol. The number of carboxylic acid groups (broad SMARTS) is 1. The first-order valence-electron chi connectivity index (χ1n) is 6.83. The number of halogens is 1. The van der Waals surface area contributed by atoms with Crippen LogP contribution in [0.5, 0.6) is 0 Å². The topological polar surface area (TPSA) is 66.4 Å². The van der Waals surface area contributed by atoms with Crippen molar-refractivity contribution in [3.05, 3.63) is 34.3 Å². The first kappa shape index (κ1) is 15.0. The predicted octanol–water partition coefficient (Wildman–Crippen LogP) is 2.75. The van der Waals surface area contributed by atoms with Gasteiger partial charge in [0.25, 0.3) is 0 Å². The summed E-state index contributed by atoms with van der Waals surface area (Å²) in [6.07, 6.45) is 3.58. The summed E-state index contributed by atoms with van der Waals surface area (Å²) in [5.41, 5.74) is 0.916. The van der Waals surface area contributed by atoms with Gasteiger partial charge in [-0.15, -0.1) is 0 Å². The monoisotopic (exact) mass is 339 g/mol. The summed E-state index contributed by atoms with van der Waals surface area (Å²) < 4.78 is 0.934. The van der Waals surface area contributed by atoms with Gasteiger partial charge >= 0.3 is 5.97 Å². The highest BCUT2D eigenvalue weighted by molar-refractivity contribution is 9.10. The zero-order valence-electron chi connectivity index (χ0n) is 11.1. The van der Waals surface area contributed by atoms with Gasteiger partial charge in [0.05, 0.1) is 12.3 Å². The van der Waals surface area contributed by atoms with Crippen LogP contribution in [0, 0.1) is 5.92 Å². The van der Waals surface area contributed by atoms with Gasteiger partial charge in [0.1, 0.15) is 0 Å². The maximum absolute atomic E-state index is 12.0. The second kappa shape index (κ2) is 6.88. The first-order valence-corrected chi connectivity index (χ1v) is 7.62. The fourth-order valence-corrected chi connectivity index (χ4v) is 3.14. The Morgan fingerprint density at radius 1 is 1.30 bits per heavy atom. The summed E-state index contributed by atoms with van der Waals surface area (Å²) in [6.45, 7) is 0. The molecule has 20 heavy (non-hydrogen) atoms. The molecule has 0 radical (unpaired) electrons. The van der Waals surface area contributed by atoms with Crippen molar-refractivity contribution in [1.29, 1.82) is 0 Å². The van der Waals surface area contributed by atoms with Crippen molar-refractivity contribution in [1.82, 2.24) is 5.32 Å². The highest BCUT2D eigenvalue weighted by Gasteiger charge is 2.31. The molecule has 108 valence electrons. The molecular formula is C15H18BrNO3. The molecule has 0 spiro atoms. The second-order valence-corrected chi connectivity index (χ2v) is 6.13. The van der Waals surface area contributed by atoms with Crippen LogP contribution in [0.15, 0.2) is 28.7 Å². The number of hydrogen-bond donors (Lipinski definition) is 2. The van der Waals surface area contributed by atoms with Crippen LogP contribution in [0.2, 0.25) is 0 Å². The van der Waals surface area contributed by atoms with Crippen LogP contribution in [-0.4, -0.2) is 23.0 Å². The van der Waals surface area contributed by atoms with Crippen molar-refractivity contribution < 1.29 is 14.7 Å². The number of carbonyl (C=O) groups is 2. The summed E-state index contributed by atoms with van der Waals surface area (Å²) in [6, 6.07) is 7.34. The molecule has 1 aliphatic carbocycles. The molecule has 1 aromatic carbocycles. The summed E-state index contributed by atoms with van der Waals surface area (Å²) >= 11 is 3.37.